The summed E-state index contributed by atoms with van der Waals surface area (Å²) >= 11 is 7.86. The van der Waals surface area contributed by atoms with Crippen molar-refractivity contribution < 1.29 is 0 Å². The fourth-order valence-corrected chi connectivity index (χ4v) is 3.39. The summed E-state index contributed by atoms with van der Waals surface area (Å²) in [6.07, 6.45) is 1.64. The highest BCUT2D eigenvalue weighted by atomic mass is 35.5. The van der Waals surface area contributed by atoms with Crippen molar-refractivity contribution >= 4 is 29.2 Å². The van der Waals surface area contributed by atoms with Crippen LogP contribution in [0.5, 0.6) is 0 Å². The second-order valence-corrected chi connectivity index (χ2v) is 7.02. The van der Waals surface area contributed by atoms with Gasteiger partial charge >= 0.3 is 5.69 Å². The number of benzene rings is 1. The van der Waals surface area contributed by atoms with Gasteiger partial charge in [0.25, 0.3) is 0 Å². The molecule has 0 spiro atoms. The molecule has 4 N–H and O–H groups in total. The molecule has 1 aromatic carbocycles. The fourth-order valence-electron chi connectivity index (χ4n) is 2.08. The molecule has 1 atom stereocenters. The van der Waals surface area contributed by atoms with Crippen molar-refractivity contribution in [2.24, 2.45) is 5.73 Å². The van der Waals surface area contributed by atoms with Gasteiger partial charge in [0.05, 0.1) is 6.54 Å². The van der Waals surface area contributed by atoms with Crippen LogP contribution in [-0.4, -0.2) is 21.3 Å². The standard InChI is InChI=1S/C15H19ClN4OS/c1-9-5-12(16)6-11(14(9)22-10(2)7-17)8-20-4-3-13(18)19-15(20)21/h3-6,10H,7-8,17H2,1-2H3,(H2,18,19,21). The van der Waals surface area contributed by atoms with Crippen LogP contribution in [0, 0.1) is 6.92 Å². The van der Waals surface area contributed by atoms with Gasteiger partial charge in [-0.25, -0.2) is 4.79 Å². The predicted octanol–water partition coefficient (Wildman–Crippen LogP) is 2.27. The third-order valence-electron chi connectivity index (χ3n) is 3.20. The van der Waals surface area contributed by atoms with Crippen molar-refractivity contribution in [1.29, 1.82) is 0 Å². The first kappa shape index (κ1) is 16.9. The Morgan fingerprint density at radius 3 is 2.82 bits per heavy atom. The molecule has 0 saturated heterocycles. The molecule has 1 aromatic heterocycles. The van der Waals surface area contributed by atoms with Gasteiger partial charge in [-0.15, -0.1) is 11.8 Å². The summed E-state index contributed by atoms with van der Waals surface area (Å²) in [4.78, 5) is 16.8. The third kappa shape index (κ3) is 4.03. The van der Waals surface area contributed by atoms with Crippen molar-refractivity contribution in [2.75, 3.05) is 12.3 Å². The molecule has 118 valence electrons. The summed E-state index contributed by atoms with van der Waals surface area (Å²) in [6.45, 7) is 5.05. The normalized spacial score (nSPS) is 12.4. The van der Waals surface area contributed by atoms with Gasteiger partial charge in [-0.3, -0.25) is 4.57 Å². The molecule has 1 unspecified atom stereocenters. The summed E-state index contributed by atoms with van der Waals surface area (Å²) in [5, 5.41) is 0.925. The molecule has 2 aromatic rings. The first-order valence-corrected chi connectivity index (χ1v) is 8.15. The number of halogens is 1. The van der Waals surface area contributed by atoms with E-state index in [0.717, 1.165) is 16.0 Å². The Morgan fingerprint density at radius 1 is 1.45 bits per heavy atom. The highest BCUT2D eigenvalue weighted by Crippen LogP contribution is 2.32. The topological polar surface area (TPSA) is 86.9 Å². The van der Waals surface area contributed by atoms with Crippen molar-refractivity contribution in [1.82, 2.24) is 9.55 Å². The van der Waals surface area contributed by atoms with E-state index < -0.39 is 0 Å². The molecule has 7 heteroatoms. The number of anilines is 1. The molecule has 0 aliphatic heterocycles. The second kappa shape index (κ2) is 7.17. The van der Waals surface area contributed by atoms with E-state index in [1.54, 1.807) is 24.0 Å². The number of nitrogens with two attached hydrogens (primary N) is 2. The lowest BCUT2D eigenvalue weighted by Gasteiger charge is -2.17. The maximum absolute atomic E-state index is 11.9. The van der Waals surface area contributed by atoms with Crippen LogP contribution in [0.1, 0.15) is 18.1 Å². The lowest BCUT2D eigenvalue weighted by atomic mass is 10.1. The molecule has 0 aliphatic rings. The number of hydrogen-bond acceptors (Lipinski definition) is 5. The molecule has 1 heterocycles. The van der Waals surface area contributed by atoms with E-state index in [0.29, 0.717) is 18.1 Å². The number of thioether (sulfide) groups is 1. The Bertz CT molecular complexity index is 732. The molecule has 0 amide bonds. The smallest absolute Gasteiger partial charge is 0.349 e. The Kier molecular flexibility index (Phi) is 5.50. The third-order valence-corrected chi connectivity index (χ3v) is 4.84. The zero-order valence-electron chi connectivity index (χ0n) is 12.5. The Labute approximate surface area is 138 Å². The van der Waals surface area contributed by atoms with Gasteiger partial charge in [-0.1, -0.05) is 18.5 Å². The molecular formula is C15H19ClN4OS. The molecule has 0 bridgehead atoms. The maximum Gasteiger partial charge on any atom is 0.349 e. The number of hydrogen-bond donors (Lipinski definition) is 2. The van der Waals surface area contributed by atoms with Gasteiger partial charge in [0.1, 0.15) is 5.82 Å². The summed E-state index contributed by atoms with van der Waals surface area (Å²) < 4.78 is 1.51. The Hall–Kier alpha value is -1.50. The van der Waals surface area contributed by atoms with Crippen LogP contribution < -0.4 is 17.2 Å². The van der Waals surface area contributed by atoms with E-state index in [-0.39, 0.29) is 16.8 Å². The van der Waals surface area contributed by atoms with Crippen LogP contribution in [0.2, 0.25) is 5.02 Å². The number of nitrogen functional groups attached to an aromatic ring is 1. The Balaban J connectivity index is 2.42. The first-order valence-electron chi connectivity index (χ1n) is 6.89. The number of rotatable bonds is 5. The van der Waals surface area contributed by atoms with Crippen LogP contribution in [0.15, 0.2) is 34.1 Å². The Morgan fingerprint density at radius 2 is 2.18 bits per heavy atom. The summed E-state index contributed by atoms with van der Waals surface area (Å²) in [7, 11) is 0. The average molecular weight is 339 g/mol. The minimum atomic E-state index is -0.375. The zero-order chi connectivity index (χ0) is 16.3. The van der Waals surface area contributed by atoms with Crippen LogP contribution in [0.4, 0.5) is 5.82 Å². The maximum atomic E-state index is 11.9. The summed E-state index contributed by atoms with van der Waals surface area (Å²) in [6, 6.07) is 5.40. The van der Waals surface area contributed by atoms with E-state index in [2.05, 4.69) is 11.9 Å². The minimum Gasteiger partial charge on any atom is -0.383 e. The highest BCUT2D eigenvalue weighted by Gasteiger charge is 2.13. The van der Waals surface area contributed by atoms with Gasteiger partial charge < -0.3 is 11.5 Å². The van der Waals surface area contributed by atoms with Crippen molar-refractivity contribution in [3.63, 3.8) is 0 Å². The quantitative estimate of drug-likeness (QED) is 0.817. The van der Waals surface area contributed by atoms with Gasteiger partial charge in [-0.2, -0.15) is 4.98 Å². The average Bonchev–Trinajstić information content (AvgIpc) is 2.45. The highest BCUT2D eigenvalue weighted by molar-refractivity contribution is 8.00. The van der Waals surface area contributed by atoms with E-state index in [9.17, 15) is 4.79 Å². The molecule has 0 aliphatic carbocycles. The second-order valence-electron chi connectivity index (χ2n) is 5.14. The fraction of sp³-hybridized carbons (Fsp3) is 0.333. The van der Waals surface area contributed by atoms with E-state index >= 15 is 0 Å². The molecule has 22 heavy (non-hydrogen) atoms. The molecule has 0 saturated carbocycles. The molecule has 0 radical (unpaired) electrons. The van der Waals surface area contributed by atoms with E-state index in [1.165, 1.54) is 4.57 Å². The largest absolute Gasteiger partial charge is 0.383 e. The number of aryl methyl sites for hydroxylation is 1. The van der Waals surface area contributed by atoms with Gasteiger partial charge in [0.15, 0.2) is 0 Å². The monoisotopic (exact) mass is 338 g/mol. The van der Waals surface area contributed by atoms with Crippen molar-refractivity contribution in [3.05, 3.63) is 51.0 Å². The van der Waals surface area contributed by atoms with Crippen molar-refractivity contribution in [3.8, 4) is 0 Å². The van der Waals surface area contributed by atoms with Crippen LogP contribution in [0.25, 0.3) is 0 Å². The lowest BCUT2D eigenvalue weighted by molar-refractivity contribution is 0.719. The van der Waals surface area contributed by atoms with Gasteiger partial charge in [0, 0.05) is 27.9 Å². The SMILES string of the molecule is Cc1cc(Cl)cc(Cn2ccc(N)nc2=O)c1SC(C)CN. The minimum absolute atomic E-state index is 0.217. The lowest BCUT2D eigenvalue weighted by Crippen LogP contribution is -2.24. The van der Waals surface area contributed by atoms with E-state index in [4.69, 9.17) is 23.1 Å². The molecule has 0 fully saturated rings. The number of aromatic nitrogens is 2. The van der Waals surface area contributed by atoms with Crippen LogP contribution in [-0.2, 0) is 6.54 Å². The van der Waals surface area contributed by atoms with Gasteiger partial charge in [0.2, 0.25) is 0 Å². The van der Waals surface area contributed by atoms with Crippen LogP contribution >= 0.6 is 23.4 Å². The van der Waals surface area contributed by atoms with Crippen LogP contribution in [0.3, 0.4) is 0 Å². The van der Waals surface area contributed by atoms with Crippen molar-refractivity contribution in [2.45, 2.75) is 30.5 Å². The predicted molar refractivity (Wildman–Crippen MR) is 92.6 cm³/mol. The summed E-state index contributed by atoms with van der Waals surface area (Å²) in [5.74, 6) is 0.217. The van der Waals surface area contributed by atoms with Gasteiger partial charge in [-0.05, 0) is 36.2 Å². The van der Waals surface area contributed by atoms with E-state index in [1.807, 2.05) is 19.1 Å². The summed E-state index contributed by atoms with van der Waals surface area (Å²) in [5.41, 5.74) is 12.9. The molecule has 5 nitrogen and oxygen atoms in total. The molecule has 2 rings (SSSR count). The first-order chi connectivity index (χ1) is 10.4. The number of nitrogens with zero attached hydrogens (tertiary/aromatic N) is 2. The zero-order valence-corrected chi connectivity index (χ0v) is 14.1. The molecular weight excluding hydrogens is 320 g/mol.